The third-order valence-electron chi connectivity index (χ3n) is 4.23. The molecule has 0 saturated carbocycles. The minimum Gasteiger partial charge on any atom is -0.326 e. The van der Waals surface area contributed by atoms with Crippen LogP contribution in [-0.4, -0.2) is 5.91 Å². The zero-order valence-electron chi connectivity index (χ0n) is 11.4. The highest BCUT2D eigenvalue weighted by Crippen LogP contribution is 2.44. The van der Waals surface area contributed by atoms with Crippen LogP contribution < -0.4 is 5.32 Å². The number of para-hydroxylation sites is 1. The lowest BCUT2D eigenvalue weighted by atomic mass is 9.76. The number of anilines is 1. The second kappa shape index (κ2) is 4.97. The summed E-state index contributed by atoms with van der Waals surface area (Å²) in [5, 5.41) is 2.96. The van der Waals surface area contributed by atoms with Crippen LogP contribution in [0.4, 0.5) is 5.69 Å². The van der Waals surface area contributed by atoms with E-state index in [0.717, 1.165) is 12.1 Å². The number of rotatable bonds is 3. The highest BCUT2D eigenvalue weighted by atomic mass is 16.1. The molecule has 0 fully saturated rings. The van der Waals surface area contributed by atoms with Gasteiger partial charge in [-0.25, -0.2) is 0 Å². The van der Waals surface area contributed by atoms with Gasteiger partial charge in [0.1, 0.15) is 0 Å². The van der Waals surface area contributed by atoms with Crippen molar-refractivity contribution in [3.63, 3.8) is 0 Å². The van der Waals surface area contributed by atoms with Crippen LogP contribution in [0.5, 0.6) is 0 Å². The molecule has 0 aromatic heterocycles. The van der Waals surface area contributed by atoms with Crippen LogP contribution in [0.15, 0.2) is 42.0 Å². The Hall–Kier alpha value is -1.57. The average molecular weight is 243 g/mol. The van der Waals surface area contributed by atoms with Crippen LogP contribution in [0.2, 0.25) is 0 Å². The number of benzene rings is 1. The molecule has 1 aromatic rings. The lowest BCUT2D eigenvalue weighted by Gasteiger charge is -2.29. The molecule has 0 bridgehead atoms. The maximum absolute atomic E-state index is 12.0. The van der Waals surface area contributed by atoms with Gasteiger partial charge in [0.05, 0.1) is 0 Å². The van der Waals surface area contributed by atoms with Gasteiger partial charge >= 0.3 is 0 Å². The van der Waals surface area contributed by atoms with E-state index in [9.17, 15) is 4.79 Å². The Morgan fingerprint density at radius 2 is 2.00 bits per heavy atom. The molecule has 0 aliphatic heterocycles. The molecule has 2 rings (SSSR count). The molecule has 0 spiro atoms. The topological polar surface area (TPSA) is 29.1 Å². The van der Waals surface area contributed by atoms with Crippen molar-refractivity contribution in [2.24, 2.45) is 11.3 Å². The quantitative estimate of drug-likeness (QED) is 0.798. The summed E-state index contributed by atoms with van der Waals surface area (Å²) in [5.74, 6) is 0.531. The maximum atomic E-state index is 12.0. The Labute approximate surface area is 109 Å². The van der Waals surface area contributed by atoms with Gasteiger partial charge in [0.15, 0.2) is 0 Å². The molecular weight excluding hydrogens is 222 g/mol. The van der Waals surface area contributed by atoms with E-state index in [1.165, 1.54) is 5.57 Å². The first kappa shape index (κ1) is 12.9. The summed E-state index contributed by atoms with van der Waals surface area (Å²) in [6.45, 7) is 6.62. The minimum atomic E-state index is 0.113. The largest absolute Gasteiger partial charge is 0.326 e. The summed E-state index contributed by atoms with van der Waals surface area (Å²) in [6, 6.07) is 9.65. The van der Waals surface area contributed by atoms with Gasteiger partial charge in [0, 0.05) is 12.1 Å². The first-order valence-corrected chi connectivity index (χ1v) is 6.52. The highest BCUT2D eigenvalue weighted by molar-refractivity contribution is 5.90. The molecule has 1 aliphatic carbocycles. The first-order valence-electron chi connectivity index (χ1n) is 6.52. The van der Waals surface area contributed by atoms with E-state index >= 15 is 0 Å². The smallest absolute Gasteiger partial charge is 0.224 e. The Bertz CT molecular complexity index is 459. The Balaban J connectivity index is 1.94. The molecule has 0 saturated heterocycles. The SMILES string of the molecule is CC1=CCC(CC(=O)Nc2ccccc2)C1(C)C. The number of carbonyl (C=O) groups excluding carboxylic acids is 1. The van der Waals surface area contributed by atoms with Gasteiger partial charge in [-0.15, -0.1) is 0 Å². The third-order valence-corrected chi connectivity index (χ3v) is 4.23. The summed E-state index contributed by atoms with van der Waals surface area (Å²) in [4.78, 5) is 12.0. The van der Waals surface area contributed by atoms with Crippen molar-refractivity contribution in [3.05, 3.63) is 42.0 Å². The molecule has 2 nitrogen and oxygen atoms in total. The fourth-order valence-electron chi connectivity index (χ4n) is 2.49. The molecule has 96 valence electrons. The molecule has 1 N–H and O–H groups in total. The van der Waals surface area contributed by atoms with Gasteiger partial charge in [-0.3, -0.25) is 4.79 Å². The Morgan fingerprint density at radius 1 is 1.33 bits per heavy atom. The van der Waals surface area contributed by atoms with Gasteiger partial charge in [0.2, 0.25) is 5.91 Å². The monoisotopic (exact) mass is 243 g/mol. The lowest BCUT2D eigenvalue weighted by molar-refractivity contribution is -0.117. The second-order valence-corrected chi connectivity index (χ2v) is 5.66. The lowest BCUT2D eigenvalue weighted by Crippen LogP contribution is -2.25. The summed E-state index contributed by atoms with van der Waals surface area (Å²) in [7, 11) is 0. The first-order chi connectivity index (χ1) is 8.50. The standard InChI is InChI=1S/C16H21NO/c1-12-9-10-13(16(12,2)3)11-15(18)17-14-7-5-4-6-8-14/h4-9,13H,10-11H2,1-3H3,(H,17,18). The number of amides is 1. The fraction of sp³-hybridized carbons (Fsp3) is 0.438. The molecule has 1 aliphatic rings. The fourth-order valence-corrected chi connectivity index (χ4v) is 2.49. The van der Waals surface area contributed by atoms with E-state index in [2.05, 4.69) is 32.2 Å². The van der Waals surface area contributed by atoms with Crippen LogP contribution >= 0.6 is 0 Å². The summed E-state index contributed by atoms with van der Waals surface area (Å²) in [5.41, 5.74) is 2.43. The predicted molar refractivity (Wildman–Crippen MR) is 75.3 cm³/mol. The van der Waals surface area contributed by atoms with Crippen molar-refractivity contribution < 1.29 is 4.79 Å². The molecular formula is C16H21NO. The second-order valence-electron chi connectivity index (χ2n) is 5.66. The molecule has 1 aromatic carbocycles. The van der Waals surface area contributed by atoms with E-state index < -0.39 is 0 Å². The minimum absolute atomic E-state index is 0.113. The van der Waals surface area contributed by atoms with Crippen LogP contribution in [0.25, 0.3) is 0 Å². The van der Waals surface area contributed by atoms with Crippen molar-refractivity contribution in [1.82, 2.24) is 0 Å². The molecule has 1 unspecified atom stereocenters. The normalized spacial score (nSPS) is 21.5. The van der Waals surface area contributed by atoms with Gasteiger partial charge in [0.25, 0.3) is 0 Å². The van der Waals surface area contributed by atoms with E-state index in [4.69, 9.17) is 0 Å². The van der Waals surface area contributed by atoms with E-state index in [-0.39, 0.29) is 11.3 Å². The molecule has 0 heterocycles. The van der Waals surface area contributed by atoms with Crippen molar-refractivity contribution in [3.8, 4) is 0 Å². The number of allylic oxidation sites excluding steroid dienone is 2. The van der Waals surface area contributed by atoms with Crippen molar-refractivity contribution in [2.45, 2.75) is 33.6 Å². The van der Waals surface area contributed by atoms with Gasteiger partial charge in [-0.05, 0) is 36.8 Å². The molecule has 18 heavy (non-hydrogen) atoms. The number of carbonyl (C=O) groups is 1. The van der Waals surface area contributed by atoms with Crippen LogP contribution in [0.3, 0.4) is 0 Å². The van der Waals surface area contributed by atoms with Gasteiger partial charge in [-0.1, -0.05) is 43.7 Å². The zero-order valence-corrected chi connectivity index (χ0v) is 11.4. The molecule has 2 heteroatoms. The van der Waals surface area contributed by atoms with Crippen molar-refractivity contribution in [1.29, 1.82) is 0 Å². The van der Waals surface area contributed by atoms with E-state index in [1.807, 2.05) is 30.3 Å². The van der Waals surface area contributed by atoms with Gasteiger partial charge < -0.3 is 5.32 Å². The average Bonchev–Trinajstić information content (AvgIpc) is 2.57. The van der Waals surface area contributed by atoms with Crippen LogP contribution in [0.1, 0.15) is 33.6 Å². The van der Waals surface area contributed by atoms with E-state index in [1.54, 1.807) is 0 Å². The van der Waals surface area contributed by atoms with E-state index in [0.29, 0.717) is 12.3 Å². The summed E-state index contributed by atoms with van der Waals surface area (Å²) < 4.78 is 0. The number of hydrogen-bond acceptors (Lipinski definition) is 1. The maximum Gasteiger partial charge on any atom is 0.224 e. The van der Waals surface area contributed by atoms with Crippen LogP contribution in [0, 0.1) is 11.3 Å². The van der Waals surface area contributed by atoms with Crippen molar-refractivity contribution in [2.75, 3.05) is 5.32 Å². The highest BCUT2D eigenvalue weighted by Gasteiger charge is 2.35. The summed E-state index contributed by atoms with van der Waals surface area (Å²) >= 11 is 0. The summed E-state index contributed by atoms with van der Waals surface area (Å²) in [6.07, 6.45) is 3.87. The Morgan fingerprint density at radius 3 is 2.56 bits per heavy atom. The number of hydrogen-bond donors (Lipinski definition) is 1. The molecule has 0 radical (unpaired) electrons. The molecule has 1 amide bonds. The number of nitrogens with one attached hydrogen (secondary N) is 1. The predicted octanol–water partition coefficient (Wildman–Crippen LogP) is 4.01. The van der Waals surface area contributed by atoms with Crippen molar-refractivity contribution >= 4 is 11.6 Å². The van der Waals surface area contributed by atoms with Gasteiger partial charge in [-0.2, -0.15) is 0 Å². The third kappa shape index (κ3) is 2.63. The van der Waals surface area contributed by atoms with Crippen LogP contribution in [-0.2, 0) is 4.79 Å². The zero-order chi connectivity index (χ0) is 13.2. The molecule has 1 atom stereocenters. The Kier molecular flexibility index (Phi) is 3.55.